The number of nitrogens with one attached hydrogen (secondary N) is 3. The van der Waals surface area contributed by atoms with Gasteiger partial charge in [0.15, 0.2) is 5.82 Å². The number of ketones is 1. The number of halogens is 2. The summed E-state index contributed by atoms with van der Waals surface area (Å²) in [6.45, 7) is 2.12. The molecule has 3 aromatic rings. The van der Waals surface area contributed by atoms with Gasteiger partial charge in [-0.1, -0.05) is 16.8 Å². The van der Waals surface area contributed by atoms with E-state index in [2.05, 4.69) is 31.3 Å². The minimum Gasteiger partial charge on any atom is -0.340 e. The summed E-state index contributed by atoms with van der Waals surface area (Å²) in [6.07, 6.45) is 2.45. The molecule has 10 nitrogen and oxygen atoms in total. The second-order valence-electron chi connectivity index (χ2n) is 8.23. The maximum absolute atomic E-state index is 14.1. The summed E-state index contributed by atoms with van der Waals surface area (Å²) in [5.74, 6) is -2.42. The number of rotatable bonds is 6. The lowest BCUT2D eigenvalue weighted by Crippen LogP contribution is -2.40. The Kier molecular flexibility index (Phi) is 5.00. The summed E-state index contributed by atoms with van der Waals surface area (Å²) in [4.78, 5) is 39.1. The molecule has 0 saturated heterocycles. The Morgan fingerprint density at radius 1 is 1.27 bits per heavy atom. The van der Waals surface area contributed by atoms with Crippen LogP contribution in [0.5, 0.6) is 0 Å². The molecule has 2 aromatic heterocycles. The first-order valence-electron chi connectivity index (χ1n) is 10.4. The fourth-order valence-electron chi connectivity index (χ4n) is 4.37. The molecule has 0 bridgehead atoms. The molecule has 0 atom stereocenters. The molecule has 0 unspecified atom stereocenters. The van der Waals surface area contributed by atoms with Crippen molar-refractivity contribution in [3.8, 4) is 0 Å². The average molecular weight is 472 g/mol. The molecule has 170 valence electrons. The SMILES string of the molecule is Cc1c(C(=O)C(=O)NC2(c3nn[nH]n3)CC2)c2n(c1C(=O)Nc1cc(Cl)ccc1F)CCC2. The summed E-state index contributed by atoms with van der Waals surface area (Å²) in [5, 5.41) is 19.2. The van der Waals surface area contributed by atoms with E-state index in [4.69, 9.17) is 11.6 Å². The van der Waals surface area contributed by atoms with Gasteiger partial charge in [-0.15, -0.1) is 10.2 Å². The highest BCUT2D eigenvalue weighted by atomic mass is 35.5. The minimum atomic E-state index is -0.805. The molecule has 1 aromatic carbocycles. The molecule has 0 spiro atoms. The highest BCUT2D eigenvalue weighted by Crippen LogP contribution is 2.43. The third kappa shape index (κ3) is 3.58. The predicted molar refractivity (Wildman–Crippen MR) is 114 cm³/mol. The zero-order chi connectivity index (χ0) is 23.3. The van der Waals surface area contributed by atoms with Crippen LogP contribution in [0.15, 0.2) is 18.2 Å². The maximum Gasteiger partial charge on any atom is 0.293 e. The third-order valence-electron chi connectivity index (χ3n) is 6.11. The molecule has 3 N–H and O–H groups in total. The molecule has 1 aliphatic carbocycles. The molecule has 5 rings (SSSR count). The van der Waals surface area contributed by atoms with Crippen LogP contribution in [0.2, 0.25) is 5.02 Å². The first-order valence-corrected chi connectivity index (χ1v) is 10.8. The van der Waals surface area contributed by atoms with E-state index < -0.39 is 29.0 Å². The van der Waals surface area contributed by atoms with Gasteiger partial charge in [0.25, 0.3) is 17.6 Å². The van der Waals surface area contributed by atoms with E-state index >= 15 is 0 Å². The van der Waals surface area contributed by atoms with Gasteiger partial charge in [-0.05, 0) is 56.4 Å². The van der Waals surface area contributed by atoms with Crippen LogP contribution in [-0.2, 0) is 23.3 Å². The molecule has 33 heavy (non-hydrogen) atoms. The van der Waals surface area contributed by atoms with Gasteiger partial charge in [0.2, 0.25) is 0 Å². The van der Waals surface area contributed by atoms with E-state index in [0.717, 1.165) is 12.5 Å². The highest BCUT2D eigenvalue weighted by molar-refractivity contribution is 6.44. The molecule has 1 saturated carbocycles. The molecule has 3 heterocycles. The van der Waals surface area contributed by atoms with Crippen molar-refractivity contribution in [1.82, 2.24) is 30.5 Å². The lowest BCUT2D eigenvalue weighted by molar-refractivity contribution is -0.118. The first kappa shape index (κ1) is 21.3. The number of Topliss-reactive ketones (excluding diaryl/α,β-unsaturated/α-hetero) is 1. The minimum absolute atomic E-state index is 0.0677. The average Bonchev–Trinajstić information content (AvgIpc) is 3.14. The lowest BCUT2D eigenvalue weighted by atomic mass is 10.0. The lowest BCUT2D eigenvalue weighted by Gasteiger charge is -2.13. The zero-order valence-corrected chi connectivity index (χ0v) is 18.3. The topological polar surface area (TPSA) is 135 Å². The van der Waals surface area contributed by atoms with E-state index in [1.165, 1.54) is 12.1 Å². The molecule has 0 radical (unpaired) electrons. The molecule has 2 aliphatic rings. The Balaban J connectivity index is 1.44. The summed E-state index contributed by atoms with van der Waals surface area (Å²) < 4.78 is 15.9. The molecule has 2 amide bonds. The van der Waals surface area contributed by atoms with Crippen LogP contribution in [-0.4, -0.2) is 42.8 Å². The standard InChI is InChI=1S/C21H19ClFN7O3/c1-10-15(17(31)19(33)25-21(6-7-21)20-26-28-29-27-20)14-3-2-8-30(14)16(10)18(32)24-13-9-11(22)4-5-12(13)23/h4-5,9H,2-3,6-8H2,1H3,(H,24,32)(H,25,33)(H,26,27,28,29). The fourth-order valence-corrected chi connectivity index (χ4v) is 4.54. The van der Waals surface area contributed by atoms with Gasteiger partial charge in [-0.3, -0.25) is 14.4 Å². The van der Waals surface area contributed by atoms with Crippen molar-refractivity contribution in [3.63, 3.8) is 0 Å². The van der Waals surface area contributed by atoms with E-state index in [1.54, 1.807) is 11.5 Å². The van der Waals surface area contributed by atoms with Crippen LogP contribution >= 0.6 is 11.6 Å². The Morgan fingerprint density at radius 3 is 2.76 bits per heavy atom. The second-order valence-corrected chi connectivity index (χ2v) is 8.67. The summed E-state index contributed by atoms with van der Waals surface area (Å²) in [5.41, 5.74) is 0.536. The number of anilines is 1. The largest absolute Gasteiger partial charge is 0.340 e. The predicted octanol–water partition coefficient (Wildman–Crippen LogP) is 2.29. The van der Waals surface area contributed by atoms with Crippen molar-refractivity contribution in [1.29, 1.82) is 0 Å². The van der Waals surface area contributed by atoms with Crippen molar-refractivity contribution < 1.29 is 18.8 Å². The number of amides is 2. The highest BCUT2D eigenvalue weighted by Gasteiger charge is 2.50. The number of benzene rings is 1. The van der Waals surface area contributed by atoms with Crippen molar-refractivity contribution in [2.45, 2.75) is 44.7 Å². The Bertz CT molecular complexity index is 1300. The van der Waals surface area contributed by atoms with E-state index in [-0.39, 0.29) is 22.0 Å². The van der Waals surface area contributed by atoms with Crippen molar-refractivity contribution in [2.24, 2.45) is 0 Å². The molecular formula is C21H19ClFN7O3. The number of carbonyl (C=O) groups excluding carboxylic acids is 3. The van der Waals surface area contributed by atoms with Gasteiger partial charge in [0, 0.05) is 17.3 Å². The van der Waals surface area contributed by atoms with Crippen LogP contribution in [0.25, 0.3) is 0 Å². The third-order valence-corrected chi connectivity index (χ3v) is 6.35. The Labute approximate surface area is 191 Å². The fraction of sp³-hybridized carbons (Fsp3) is 0.333. The van der Waals surface area contributed by atoms with Crippen molar-refractivity contribution in [3.05, 3.63) is 57.4 Å². The van der Waals surface area contributed by atoms with Crippen LogP contribution in [0, 0.1) is 12.7 Å². The summed E-state index contributed by atoms with van der Waals surface area (Å²) in [6, 6.07) is 3.85. The van der Waals surface area contributed by atoms with Gasteiger partial charge < -0.3 is 15.2 Å². The number of hydrogen-bond acceptors (Lipinski definition) is 6. The second kappa shape index (κ2) is 7.77. The summed E-state index contributed by atoms with van der Waals surface area (Å²) in [7, 11) is 0. The van der Waals surface area contributed by atoms with E-state index in [1.807, 2.05) is 0 Å². The number of hydrogen-bond donors (Lipinski definition) is 3. The monoisotopic (exact) mass is 471 g/mol. The van der Waals surface area contributed by atoms with Gasteiger partial charge in [0.1, 0.15) is 17.1 Å². The van der Waals surface area contributed by atoms with Crippen LogP contribution in [0.4, 0.5) is 10.1 Å². The van der Waals surface area contributed by atoms with Gasteiger partial charge in [-0.2, -0.15) is 5.21 Å². The molecule has 1 aliphatic heterocycles. The number of nitrogens with zero attached hydrogens (tertiary/aromatic N) is 4. The van der Waals surface area contributed by atoms with Crippen LogP contribution < -0.4 is 10.6 Å². The maximum atomic E-state index is 14.1. The smallest absolute Gasteiger partial charge is 0.293 e. The molecule has 12 heteroatoms. The number of aromatic amines is 1. The van der Waals surface area contributed by atoms with Gasteiger partial charge in [0.05, 0.1) is 11.3 Å². The Morgan fingerprint density at radius 2 is 2.06 bits per heavy atom. The molecule has 1 fully saturated rings. The van der Waals surface area contributed by atoms with Crippen LogP contribution in [0.3, 0.4) is 0 Å². The normalized spacial score (nSPS) is 15.7. The molecular weight excluding hydrogens is 453 g/mol. The number of fused-ring (bicyclic) bond motifs is 1. The van der Waals surface area contributed by atoms with E-state index in [0.29, 0.717) is 42.9 Å². The van der Waals surface area contributed by atoms with Crippen molar-refractivity contribution in [2.75, 3.05) is 5.32 Å². The number of aromatic nitrogens is 5. The Hall–Kier alpha value is -3.60. The van der Waals surface area contributed by atoms with Gasteiger partial charge in [-0.25, -0.2) is 4.39 Å². The number of tetrazole rings is 1. The van der Waals surface area contributed by atoms with Crippen molar-refractivity contribution >= 4 is 34.9 Å². The quantitative estimate of drug-likeness (QED) is 0.373. The van der Waals surface area contributed by atoms with Crippen LogP contribution in [0.1, 0.15) is 57.2 Å². The first-order chi connectivity index (χ1) is 15.8. The number of carbonyl (C=O) groups is 3. The number of H-pyrrole nitrogens is 1. The van der Waals surface area contributed by atoms with Gasteiger partial charge >= 0.3 is 0 Å². The summed E-state index contributed by atoms with van der Waals surface area (Å²) >= 11 is 5.92. The zero-order valence-electron chi connectivity index (χ0n) is 17.5. The van der Waals surface area contributed by atoms with E-state index in [9.17, 15) is 18.8 Å².